The molecule has 1 aliphatic rings. The zero-order chi connectivity index (χ0) is 12.3. The molecule has 2 heterocycles. The van der Waals surface area contributed by atoms with Gasteiger partial charge in [0, 0.05) is 25.0 Å². The van der Waals surface area contributed by atoms with Gasteiger partial charge in [-0.2, -0.15) is 0 Å². The molecule has 1 fully saturated rings. The summed E-state index contributed by atoms with van der Waals surface area (Å²) in [4.78, 5) is 6.93. The highest BCUT2D eigenvalue weighted by Gasteiger charge is 2.22. The zero-order valence-electron chi connectivity index (χ0n) is 11.0. The van der Waals surface area contributed by atoms with E-state index < -0.39 is 0 Å². The molecule has 4 heteroatoms. The number of aryl methyl sites for hydroxylation is 1. The summed E-state index contributed by atoms with van der Waals surface area (Å²) in [6, 6.07) is 0.342. The SMILES string of the molecule is CCn1ccnc1CN1CCC(C(C)N)CC1. The summed E-state index contributed by atoms with van der Waals surface area (Å²) < 4.78 is 2.22. The van der Waals surface area contributed by atoms with Crippen LogP contribution in [0.25, 0.3) is 0 Å². The van der Waals surface area contributed by atoms with E-state index in [0.717, 1.165) is 26.2 Å². The molecule has 1 unspecified atom stereocenters. The lowest BCUT2D eigenvalue weighted by Crippen LogP contribution is -2.39. The number of imidazole rings is 1. The number of piperidine rings is 1. The monoisotopic (exact) mass is 236 g/mol. The van der Waals surface area contributed by atoms with E-state index in [1.54, 1.807) is 0 Å². The number of hydrogen-bond donors (Lipinski definition) is 1. The highest BCUT2D eigenvalue weighted by molar-refractivity contribution is 4.93. The topological polar surface area (TPSA) is 47.1 Å². The van der Waals surface area contributed by atoms with Gasteiger partial charge in [0.15, 0.2) is 0 Å². The van der Waals surface area contributed by atoms with E-state index in [0.29, 0.717) is 12.0 Å². The molecule has 0 saturated carbocycles. The Kier molecular flexibility index (Phi) is 4.18. The van der Waals surface area contributed by atoms with Crippen LogP contribution in [0.5, 0.6) is 0 Å². The Balaban J connectivity index is 1.86. The first kappa shape index (κ1) is 12.6. The van der Waals surface area contributed by atoms with Crippen molar-refractivity contribution in [1.82, 2.24) is 14.5 Å². The van der Waals surface area contributed by atoms with Gasteiger partial charge in [-0.1, -0.05) is 0 Å². The Bertz CT molecular complexity index is 337. The number of nitrogens with zero attached hydrogens (tertiary/aromatic N) is 3. The lowest BCUT2D eigenvalue weighted by molar-refractivity contribution is 0.161. The van der Waals surface area contributed by atoms with Gasteiger partial charge in [-0.3, -0.25) is 4.90 Å². The molecule has 4 nitrogen and oxygen atoms in total. The largest absolute Gasteiger partial charge is 0.334 e. The molecule has 0 radical (unpaired) electrons. The minimum atomic E-state index is 0.342. The van der Waals surface area contributed by atoms with Crippen molar-refractivity contribution in [2.45, 2.75) is 45.8 Å². The fourth-order valence-corrected chi connectivity index (χ4v) is 2.62. The zero-order valence-corrected chi connectivity index (χ0v) is 11.0. The molecule has 2 rings (SSSR count). The summed E-state index contributed by atoms with van der Waals surface area (Å²) in [6.45, 7) is 8.58. The van der Waals surface area contributed by atoms with Crippen LogP contribution >= 0.6 is 0 Å². The molecule has 96 valence electrons. The smallest absolute Gasteiger partial charge is 0.122 e. The molecule has 2 N–H and O–H groups in total. The molecule has 0 amide bonds. The third kappa shape index (κ3) is 3.07. The molecule has 0 bridgehead atoms. The minimum Gasteiger partial charge on any atom is -0.334 e. The fourth-order valence-electron chi connectivity index (χ4n) is 2.62. The van der Waals surface area contributed by atoms with Crippen LogP contribution < -0.4 is 5.73 Å². The van der Waals surface area contributed by atoms with Crippen molar-refractivity contribution in [1.29, 1.82) is 0 Å². The normalized spacial score (nSPS) is 20.6. The first-order chi connectivity index (χ1) is 8.20. The average molecular weight is 236 g/mol. The molecule has 1 aromatic rings. The van der Waals surface area contributed by atoms with Crippen molar-refractivity contribution in [2.24, 2.45) is 11.7 Å². The van der Waals surface area contributed by atoms with Crippen LogP contribution in [0.4, 0.5) is 0 Å². The highest BCUT2D eigenvalue weighted by atomic mass is 15.2. The van der Waals surface area contributed by atoms with E-state index in [1.807, 2.05) is 6.20 Å². The molecule has 1 aliphatic heterocycles. The molecule has 0 aliphatic carbocycles. The van der Waals surface area contributed by atoms with Gasteiger partial charge < -0.3 is 10.3 Å². The van der Waals surface area contributed by atoms with E-state index in [-0.39, 0.29) is 0 Å². The summed E-state index contributed by atoms with van der Waals surface area (Å²) in [5.74, 6) is 1.89. The van der Waals surface area contributed by atoms with Crippen LogP contribution in [-0.4, -0.2) is 33.6 Å². The van der Waals surface area contributed by atoms with Gasteiger partial charge >= 0.3 is 0 Å². The molecular formula is C13H24N4. The van der Waals surface area contributed by atoms with Crippen LogP contribution in [0.3, 0.4) is 0 Å². The van der Waals surface area contributed by atoms with Crippen LogP contribution in [0.1, 0.15) is 32.5 Å². The van der Waals surface area contributed by atoms with Crippen LogP contribution in [-0.2, 0) is 13.1 Å². The van der Waals surface area contributed by atoms with E-state index in [1.165, 1.54) is 18.7 Å². The summed E-state index contributed by atoms with van der Waals surface area (Å²) in [5.41, 5.74) is 5.96. The summed E-state index contributed by atoms with van der Waals surface area (Å²) in [7, 11) is 0. The maximum absolute atomic E-state index is 5.96. The predicted molar refractivity (Wildman–Crippen MR) is 69.6 cm³/mol. The standard InChI is InChI=1S/C13H24N4/c1-3-17-9-6-15-13(17)10-16-7-4-12(5-8-16)11(2)14/h6,9,11-12H,3-5,7-8,10,14H2,1-2H3. The quantitative estimate of drug-likeness (QED) is 0.861. The van der Waals surface area contributed by atoms with Crippen LogP contribution in [0.2, 0.25) is 0 Å². The summed E-state index contributed by atoms with van der Waals surface area (Å²) in [5, 5.41) is 0. The lowest BCUT2D eigenvalue weighted by atomic mass is 9.91. The van der Waals surface area contributed by atoms with Crippen molar-refractivity contribution < 1.29 is 0 Å². The summed E-state index contributed by atoms with van der Waals surface area (Å²) >= 11 is 0. The number of nitrogens with two attached hydrogens (primary N) is 1. The molecular weight excluding hydrogens is 212 g/mol. The van der Waals surface area contributed by atoms with Crippen molar-refractivity contribution in [2.75, 3.05) is 13.1 Å². The Morgan fingerprint density at radius 2 is 2.18 bits per heavy atom. The fraction of sp³-hybridized carbons (Fsp3) is 0.769. The van der Waals surface area contributed by atoms with Crippen LogP contribution in [0.15, 0.2) is 12.4 Å². The number of likely N-dealkylation sites (tertiary alicyclic amines) is 1. The van der Waals surface area contributed by atoms with Gasteiger partial charge in [0.25, 0.3) is 0 Å². The summed E-state index contributed by atoms with van der Waals surface area (Å²) in [6.07, 6.45) is 6.41. The molecule has 1 atom stereocenters. The molecule has 0 aromatic carbocycles. The Hall–Kier alpha value is -0.870. The average Bonchev–Trinajstić information content (AvgIpc) is 2.77. The lowest BCUT2D eigenvalue weighted by Gasteiger charge is -2.33. The van der Waals surface area contributed by atoms with Crippen molar-refractivity contribution in [3.8, 4) is 0 Å². The second kappa shape index (κ2) is 5.65. The van der Waals surface area contributed by atoms with Gasteiger partial charge in [-0.25, -0.2) is 4.98 Å². The van der Waals surface area contributed by atoms with Gasteiger partial charge in [0.05, 0.1) is 6.54 Å². The van der Waals surface area contributed by atoms with Crippen molar-refractivity contribution in [3.63, 3.8) is 0 Å². The van der Waals surface area contributed by atoms with Crippen molar-refractivity contribution >= 4 is 0 Å². The van der Waals surface area contributed by atoms with Gasteiger partial charge in [0.1, 0.15) is 5.82 Å². The minimum absolute atomic E-state index is 0.342. The molecule has 1 saturated heterocycles. The molecule has 17 heavy (non-hydrogen) atoms. The first-order valence-corrected chi connectivity index (χ1v) is 6.68. The third-order valence-corrected chi connectivity index (χ3v) is 3.88. The second-order valence-electron chi connectivity index (χ2n) is 5.10. The Labute approximate surface area is 104 Å². The third-order valence-electron chi connectivity index (χ3n) is 3.88. The number of aromatic nitrogens is 2. The van der Waals surface area contributed by atoms with Gasteiger partial charge in [-0.15, -0.1) is 0 Å². The molecule has 0 spiro atoms. The van der Waals surface area contributed by atoms with E-state index >= 15 is 0 Å². The van der Waals surface area contributed by atoms with Crippen LogP contribution in [0, 0.1) is 5.92 Å². The number of rotatable bonds is 4. The highest BCUT2D eigenvalue weighted by Crippen LogP contribution is 2.20. The van der Waals surface area contributed by atoms with Gasteiger partial charge in [-0.05, 0) is 45.7 Å². The van der Waals surface area contributed by atoms with Gasteiger partial charge in [0.2, 0.25) is 0 Å². The number of hydrogen-bond acceptors (Lipinski definition) is 3. The van der Waals surface area contributed by atoms with E-state index in [4.69, 9.17) is 5.73 Å². The maximum atomic E-state index is 5.96. The maximum Gasteiger partial charge on any atom is 0.122 e. The second-order valence-corrected chi connectivity index (χ2v) is 5.10. The molecule has 1 aromatic heterocycles. The first-order valence-electron chi connectivity index (χ1n) is 6.68. The predicted octanol–water partition coefficient (Wildman–Crippen LogP) is 1.46. The van der Waals surface area contributed by atoms with E-state index in [9.17, 15) is 0 Å². The van der Waals surface area contributed by atoms with Crippen molar-refractivity contribution in [3.05, 3.63) is 18.2 Å². The Morgan fingerprint density at radius 3 is 2.76 bits per heavy atom. The Morgan fingerprint density at radius 1 is 1.47 bits per heavy atom. The van der Waals surface area contributed by atoms with E-state index in [2.05, 4.69) is 34.5 Å².